The van der Waals surface area contributed by atoms with Gasteiger partial charge in [-0.1, -0.05) is 0 Å². The van der Waals surface area contributed by atoms with E-state index in [0.717, 1.165) is 28.8 Å². The number of nitrogen functional groups attached to an aromatic ring is 1. The van der Waals surface area contributed by atoms with E-state index in [1.807, 2.05) is 24.0 Å². The molecule has 2 bridgehead atoms. The molecule has 6 nitrogen and oxygen atoms in total. The molecule has 2 aromatic heterocycles. The third-order valence-corrected chi connectivity index (χ3v) is 8.54. The SMILES string of the molecule is Cc1ccc2c(N)c(C(=O)N[C@H]3CCc4c(F)c(N5CC6CCC(C5)N6)cc(F)c4C3)sc2n1. The van der Waals surface area contributed by atoms with E-state index in [2.05, 4.69) is 15.6 Å². The van der Waals surface area contributed by atoms with Crippen molar-refractivity contribution < 1.29 is 13.6 Å². The third-order valence-electron chi connectivity index (χ3n) is 7.43. The Labute approximate surface area is 200 Å². The van der Waals surface area contributed by atoms with Gasteiger partial charge < -0.3 is 21.3 Å². The molecule has 3 atom stereocenters. The number of anilines is 2. The van der Waals surface area contributed by atoms with Crippen LogP contribution in [0.1, 0.15) is 45.8 Å². The number of nitrogens with two attached hydrogens (primary N) is 1. The minimum absolute atomic E-state index is 0.263. The summed E-state index contributed by atoms with van der Waals surface area (Å²) in [7, 11) is 0. The molecule has 2 unspecified atom stereocenters. The number of aryl methyl sites for hydroxylation is 1. The smallest absolute Gasteiger partial charge is 0.263 e. The number of piperazine rings is 1. The number of nitrogens with zero attached hydrogens (tertiary/aromatic N) is 2. The van der Waals surface area contributed by atoms with Crippen molar-refractivity contribution in [1.82, 2.24) is 15.6 Å². The fraction of sp³-hybridized carbons (Fsp3) is 0.440. The predicted molar refractivity (Wildman–Crippen MR) is 131 cm³/mol. The molecular weight excluding hydrogens is 456 g/mol. The van der Waals surface area contributed by atoms with Gasteiger partial charge in [0.2, 0.25) is 0 Å². The highest BCUT2D eigenvalue weighted by molar-refractivity contribution is 7.21. The van der Waals surface area contributed by atoms with Gasteiger partial charge >= 0.3 is 0 Å². The van der Waals surface area contributed by atoms with Crippen molar-refractivity contribution in [2.24, 2.45) is 0 Å². The van der Waals surface area contributed by atoms with E-state index < -0.39 is 5.82 Å². The zero-order valence-electron chi connectivity index (χ0n) is 19.0. The Hall–Kier alpha value is -2.78. The number of hydrogen-bond donors (Lipinski definition) is 3. The van der Waals surface area contributed by atoms with Crippen molar-refractivity contribution in [3.8, 4) is 0 Å². The minimum atomic E-state index is -0.391. The molecule has 1 aromatic carbocycles. The molecule has 0 spiro atoms. The summed E-state index contributed by atoms with van der Waals surface area (Å²) in [6.07, 6.45) is 3.36. The molecule has 2 aliphatic heterocycles. The molecule has 4 N–H and O–H groups in total. The number of nitrogens with one attached hydrogen (secondary N) is 2. The van der Waals surface area contributed by atoms with Gasteiger partial charge in [-0.2, -0.15) is 0 Å². The summed E-state index contributed by atoms with van der Waals surface area (Å²) in [5.41, 5.74) is 8.68. The van der Waals surface area contributed by atoms with Crippen LogP contribution >= 0.6 is 11.3 Å². The number of aromatic nitrogens is 1. The number of pyridine rings is 1. The van der Waals surface area contributed by atoms with Crippen molar-refractivity contribution in [3.63, 3.8) is 0 Å². The lowest BCUT2D eigenvalue weighted by Crippen LogP contribution is -2.51. The van der Waals surface area contributed by atoms with Gasteiger partial charge in [0.25, 0.3) is 5.91 Å². The molecule has 1 aliphatic carbocycles. The number of fused-ring (bicyclic) bond motifs is 4. The van der Waals surface area contributed by atoms with Crippen molar-refractivity contribution in [2.45, 2.75) is 57.2 Å². The fourth-order valence-corrected chi connectivity index (χ4v) is 6.75. The van der Waals surface area contributed by atoms with Gasteiger partial charge in [0.1, 0.15) is 21.3 Å². The summed E-state index contributed by atoms with van der Waals surface area (Å²) in [5.74, 6) is -0.990. The first-order valence-electron chi connectivity index (χ1n) is 11.8. The lowest BCUT2D eigenvalue weighted by molar-refractivity contribution is 0.0938. The van der Waals surface area contributed by atoms with E-state index in [0.29, 0.717) is 65.4 Å². The van der Waals surface area contributed by atoms with Crippen LogP contribution in [-0.2, 0) is 12.8 Å². The standard InChI is InChI=1S/C25H27F2N5OS/c1-12-2-6-17-22(28)23(34-25(17)29-12)24(33)31-13-5-7-16-18(8-13)19(26)9-20(21(16)27)32-10-14-3-4-15(11-32)30-14/h2,6,9,13-15,30H,3-5,7-8,10-11,28H2,1H3,(H,31,33)/t13-,14?,15?/m0/s1. The zero-order chi connectivity index (χ0) is 23.6. The summed E-state index contributed by atoms with van der Waals surface area (Å²) in [5, 5.41) is 7.28. The Bertz CT molecular complexity index is 1300. The van der Waals surface area contributed by atoms with Crippen molar-refractivity contribution in [1.29, 1.82) is 0 Å². The fourth-order valence-electron chi connectivity index (χ4n) is 5.71. The van der Waals surface area contributed by atoms with Gasteiger partial charge in [0.05, 0.1) is 11.4 Å². The second-order valence-electron chi connectivity index (χ2n) is 9.75. The van der Waals surface area contributed by atoms with Crippen molar-refractivity contribution in [3.05, 3.63) is 51.5 Å². The van der Waals surface area contributed by atoms with Gasteiger partial charge in [0, 0.05) is 48.4 Å². The predicted octanol–water partition coefficient (Wildman–Crippen LogP) is 3.69. The molecule has 0 radical (unpaired) electrons. The van der Waals surface area contributed by atoms with Crippen LogP contribution in [0.2, 0.25) is 0 Å². The Morgan fingerprint density at radius 3 is 2.74 bits per heavy atom. The summed E-state index contributed by atoms with van der Waals surface area (Å²) >= 11 is 1.26. The highest BCUT2D eigenvalue weighted by Gasteiger charge is 2.35. The second-order valence-corrected chi connectivity index (χ2v) is 10.8. The van der Waals surface area contributed by atoms with E-state index >= 15 is 8.78 Å². The summed E-state index contributed by atoms with van der Waals surface area (Å²) in [6.45, 7) is 3.30. The average Bonchev–Trinajstić information content (AvgIpc) is 3.33. The van der Waals surface area contributed by atoms with E-state index in [-0.39, 0.29) is 24.2 Å². The first-order chi connectivity index (χ1) is 16.4. The number of amides is 1. The first kappa shape index (κ1) is 21.7. The van der Waals surface area contributed by atoms with Crippen LogP contribution in [0.3, 0.4) is 0 Å². The van der Waals surface area contributed by atoms with Crippen molar-refractivity contribution >= 4 is 38.8 Å². The van der Waals surface area contributed by atoms with Crippen LogP contribution in [0, 0.1) is 18.6 Å². The molecule has 4 heterocycles. The number of thiophene rings is 1. The topological polar surface area (TPSA) is 83.3 Å². The van der Waals surface area contributed by atoms with Gasteiger partial charge in [0.15, 0.2) is 0 Å². The molecule has 2 saturated heterocycles. The van der Waals surface area contributed by atoms with Crippen LogP contribution in [0.15, 0.2) is 18.2 Å². The largest absolute Gasteiger partial charge is 0.397 e. The molecule has 2 fully saturated rings. The normalized spacial score (nSPS) is 23.9. The summed E-state index contributed by atoms with van der Waals surface area (Å²) < 4.78 is 30.7. The molecule has 9 heteroatoms. The van der Waals surface area contributed by atoms with Crippen LogP contribution in [-0.4, -0.2) is 42.1 Å². The molecular formula is C25H27F2N5OS. The highest BCUT2D eigenvalue weighted by Crippen LogP contribution is 2.36. The molecule has 0 saturated carbocycles. The van der Waals surface area contributed by atoms with Crippen LogP contribution in [0.5, 0.6) is 0 Å². The minimum Gasteiger partial charge on any atom is -0.397 e. The van der Waals surface area contributed by atoms with Gasteiger partial charge in [-0.05, 0) is 62.3 Å². The van der Waals surface area contributed by atoms with Crippen LogP contribution in [0.4, 0.5) is 20.2 Å². The first-order valence-corrected chi connectivity index (χ1v) is 12.7. The summed E-state index contributed by atoms with van der Waals surface area (Å²) in [4.78, 5) is 20.6. The van der Waals surface area contributed by atoms with Gasteiger partial charge in [-0.3, -0.25) is 4.79 Å². The molecule has 1 amide bonds. The van der Waals surface area contributed by atoms with Crippen molar-refractivity contribution in [2.75, 3.05) is 23.7 Å². The van der Waals surface area contributed by atoms with Crippen LogP contribution in [0.25, 0.3) is 10.2 Å². The third kappa shape index (κ3) is 3.62. The number of carbonyl (C=O) groups excluding carboxylic acids is 1. The molecule has 178 valence electrons. The number of hydrogen-bond acceptors (Lipinski definition) is 6. The van der Waals surface area contributed by atoms with E-state index in [1.165, 1.54) is 17.4 Å². The molecule has 6 rings (SSSR count). The Balaban J connectivity index is 1.22. The molecule has 34 heavy (non-hydrogen) atoms. The maximum atomic E-state index is 15.5. The highest BCUT2D eigenvalue weighted by atomic mass is 32.1. The zero-order valence-corrected chi connectivity index (χ0v) is 19.8. The number of rotatable bonds is 3. The maximum absolute atomic E-state index is 15.5. The Kier molecular flexibility index (Phi) is 5.22. The Morgan fingerprint density at radius 2 is 1.97 bits per heavy atom. The monoisotopic (exact) mass is 483 g/mol. The van der Waals surface area contributed by atoms with Gasteiger partial charge in [-0.25, -0.2) is 13.8 Å². The number of carbonyl (C=O) groups is 1. The maximum Gasteiger partial charge on any atom is 0.263 e. The number of benzene rings is 1. The van der Waals surface area contributed by atoms with E-state index in [1.54, 1.807) is 0 Å². The van der Waals surface area contributed by atoms with Gasteiger partial charge in [-0.15, -0.1) is 11.3 Å². The van der Waals surface area contributed by atoms with E-state index in [9.17, 15) is 4.79 Å². The van der Waals surface area contributed by atoms with E-state index in [4.69, 9.17) is 5.73 Å². The lowest BCUT2D eigenvalue weighted by atomic mass is 9.86. The number of halogens is 2. The molecule has 3 aromatic rings. The molecule has 3 aliphatic rings. The second kappa shape index (κ2) is 8.16. The Morgan fingerprint density at radius 1 is 1.21 bits per heavy atom. The van der Waals surface area contributed by atoms with Crippen LogP contribution < -0.4 is 21.3 Å². The quantitative estimate of drug-likeness (QED) is 0.529. The lowest BCUT2D eigenvalue weighted by Gasteiger charge is -2.36. The average molecular weight is 484 g/mol. The summed E-state index contributed by atoms with van der Waals surface area (Å²) in [6, 6.07) is 5.49.